The van der Waals surface area contributed by atoms with Crippen LogP contribution in [0.3, 0.4) is 0 Å². The monoisotopic (exact) mass is 281 g/mol. The first-order chi connectivity index (χ1) is 9.51. The molecule has 0 aliphatic rings. The number of carbonyl (C=O) groups is 2. The van der Waals surface area contributed by atoms with Crippen LogP contribution < -0.4 is 0 Å². The summed E-state index contributed by atoms with van der Waals surface area (Å²) in [6, 6.07) is 8.32. The molecule has 7 heteroatoms. The van der Waals surface area contributed by atoms with Crippen LogP contribution in [0.4, 0.5) is 0 Å². The summed E-state index contributed by atoms with van der Waals surface area (Å²) in [6.45, 7) is -0.571. The highest BCUT2D eigenvalue weighted by molar-refractivity contribution is 5.96. The zero-order valence-corrected chi connectivity index (χ0v) is 11.1. The smallest absolute Gasteiger partial charge is 0.320 e. The first-order valence-corrected chi connectivity index (χ1v) is 5.83. The summed E-state index contributed by atoms with van der Waals surface area (Å²) in [5.41, 5.74) is 0.505. The van der Waals surface area contributed by atoms with Gasteiger partial charge in [-0.25, -0.2) is 0 Å². The van der Waals surface area contributed by atoms with Crippen molar-refractivity contribution in [2.24, 2.45) is 5.92 Å². The summed E-state index contributed by atoms with van der Waals surface area (Å²) in [4.78, 5) is 33.8. The third kappa shape index (κ3) is 3.78. The molecule has 0 spiro atoms. The highest BCUT2D eigenvalue weighted by Crippen LogP contribution is 2.27. The van der Waals surface area contributed by atoms with Gasteiger partial charge in [-0.3, -0.25) is 19.7 Å². The Labute approximate surface area is 115 Å². The number of nitrogens with zero attached hydrogens (tertiary/aromatic N) is 1. The van der Waals surface area contributed by atoms with Crippen LogP contribution in [0.25, 0.3) is 0 Å². The van der Waals surface area contributed by atoms with E-state index in [1.165, 1.54) is 0 Å². The number of hydrogen-bond acceptors (Lipinski definition) is 6. The van der Waals surface area contributed by atoms with Crippen molar-refractivity contribution >= 4 is 11.9 Å². The Hall–Kier alpha value is -2.44. The van der Waals surface area contributed by atoms with E-state index in [1.54, 1.807) is 30.3 Å². The van der Waals surface area contributed by atoms with Crippen LogP contribution in [0.5, 0.6) is 0 Å². The molecule has 0 saturated carbocycles. The third-order valence-electron chi connectivity index (χ3n) is 2.89. The Morgan fingerprint density at radius 2 is 1.65 bits per heavy atom. The highest BCUT2D eigenvalue weighted by Gasteiger charge is 2.40. The molecular weight excluding hydrogens is 266 g/mol. The second kappa shape index (κ2) is 7.22. The first kappa shape index (κ1) is 15.6. The normalized spacial score (nSPS) is 11.8. The van der Waals surface area contributed by atoms with Gasteiger partial charge in [0, 0.05) is 4.92 Å². The van der Waals surface area contributed by atoms with Crippen molar-refractivity contribution in [3.63, 3.8) is 0 Å². The van der Waals surface area contributed by atoms with Gasteiger partial charge in [0.1, 0.15) is 0 Å². The average Bonchev–Trinajstić information content (AvgIpc) is 2.46. The van der Waals surface area contributed by atoms with Gasteiger partial charge >= 0.3 is 11.9 Å². The van der Waals surface area contributed by atoms with Gasteiger partial charge in [0.25, 0.3) is 0 Å². The molecular formula is C13H15NO6. The Morgan fingerprint density at radius 1 is 1.15 bits per heavy atom. The van der Waals surface area contributed by atoms with Crippen molar-refractivity contribution in [2.45, 2.75) is 5.92 Å². The molecule has 1 aromatic carbocycles. The van der Waals surface area contributed by atoms with E-state index in [2.05, 4.69) is 9.47 Å². The standard InChI is InChI=1S/C13H15NO6/c1-19-12(15)11(13(16)20-2)10(8-14(17)18)9-6-4-3-5-7-9/h3-7,10-11H,8H2,1-2H3/t10-/m1/s1. The SMILES string of the molecule is COC(=O)C(C(=O)OC)[C@H](C[N+](=O)[O-])c1ccccc1. The van der Waals surface area contributed by atoms with Crippen molar-refractivity contribution in [3.8, 4) is 0 Å². The van der Waals surface area contributed by atoms with Gasteiger partial charge in [0.15, 0.2) is 5.92 Å². The maximum Gasteiger partial charge on any atom is 0.320 e. The summed E-state index contributed by atoms with van der Waals surface area (Å²) in [6.07, 6.45) is 0. The van der Waals surface area contributed by atoms with Crippen LogP contribution >= 0.6 is 0 Å². The highest BCUT2D eigenvalue weighted by atomic mass is 16.6. The molecule has 0 aliphatic heterocycles. The number of ether oxygens (including phenoxy) is 2. The minimum absolute atomic E-state index is 0.505. The van der Waals surface area contributed by atoms with Crippen molar-refractivity contribution in [1.29, 1.82) is 0 Å². The lowest BCUT2D eigenvalue weighted by atomic mass is 9.86. The van der Waals surface area contributed by atoms with Crippen molar-refractivity contribution < 1.29 is 24.0 Å². The van der Waals surface area contributed by atoms with Crippen molar-refractivity contribution in [1.82, 2.24) is 0 Å². The number of esters is 2. The van der Waals surface area contributed by atoms with Gasteiger partial charge in [0.2, 0.25) is 6.54 Å². The topological polar surface area (TPSA) is 95.7 Å². The largest absolute Gasteiger partial charge is 0.468 e. The number of nitro groups is 1. The molecule has 0 saturated heterocycles. The lowest BCUT2D eigenvalue weighted by Gasteiger charge is -2.20. The quantitative estimate of drug-likeness (QED) is 0.334. The molecule has 0 N–H and O–H groups in total. The minimum Gasteiger partial charge on any atom is -0.468 e. The first-order valence-electron chi connectivity index (χ1n) is 5.83. The van der Waals surface area contributed by atoms with Gasteiger partial charge in [0.05, 0.1) is 20.1 Å². The lowest BCUT2D eigenvalue weighted by molar-refractivity contribution is -0.484. The van der Waals surface area contributed by atoms with Crippen LogP contribution in [0, 0.1) is 16.0 Å². The number of benzene rings is 1. The summed E-state index contributed by atoms with van der Waals surface area (Å²) in [5, 5.41) is 10.8. The van der Waals surface area contributed by atoms with E-state index >= 15 is 0 Å². The van der Waals surface area contributed by atoms with Gasteiger partial charge < -0.3 is 9.47 Å². The molecule has 1 aromatic rings. The summed E-state index contributed by atoms with van der Waals surface area (Å²) in [7, 11) is 2.24. The fourth-order valence-electron chi connectivity index (χ4n) is 1.94. The molecule has 0 unspecified atom stereocenters. The Kier molecular flexibility index (Phi) is 5.64. The fraction of sp³-hybridized carbons (Fsp3) is 0.385. The van der Waals surface area contributed by atoms with Gasteiger partial charge in [-0.2, -0.15) is 0 Å². The molecule has 108 valence electrons. The van der Waals surface area contributed by atoms with Gasteiger partial charge in [-0.15, -0.1) is 0 Å². The van der Waals surface area contributed by atoms with E-state index < -0.39 is 35.2 Å². The predicted molar refractivity (Wildman–Crippen MR) is 68.6 cm³/mol. The molecule has 0 aromatic heterocycles. The summed E-state index contributed by atoms with van der Waals surface area (Å²) in [5.74, 6) is -4.01. The molecule has 1 atom stereocenters. The molecule has 0 amide bonds. The summed E-state index contributed by atoms with van der Waals surface area (Å²) >= 11 is 0. The molecule has 0 bridgehead atoms. The van der Waals surface area contributed by atoms with E-state index in [9.17, 15) is 19.7 Å². The van der Waals surface area contributed by atoms with Crippen LogP contribution in [0.1, 0.15) is 11.5 Å². The molecule has 0 aliphatic carbocycles. The molecule has 0 radical (unpaired) electrons. The number of hydrogen-bond donors (Lipinski definition) is 0. The lowest BCUT2D eigenvalue weighted by Crippen LogP contribution is -2.35. The predicted octanol–water partition coefficient (Wildman–Crippen LogP) is 1.01. The van der Waals surface area contributed by atoms with Gasteiger partial charge in [-0.1, -0.05) is 30.3 Å². The maximum absolute atomic E-state index is 11.8. The zero-order chi connectivity index (χ0) is 15.1. The number of carbonyl (C=O) groups excluding carboxylic acids is 2. The third-order valence-corrected chi connectivity index (χ3v) is 2.89. The van der Waals surface area contributed by atoms with Crippen LogP contribution in [0.2, 0.25) is 0 Å². The van der Waals surface area contributed by atoms with Crippen LogP contribution in [0.15, 0.2) is 30.3 Å². The second-order valence-corrected chi connectivity index (χ2v) is 4.06. The fourth-order valence-corrected chi connectivity index (χ4v) is 1.94. The van der Waals surface area contributed by atoms with E-state index in [0.717, 1.165) is 14.2 Å². The Morgan fingerprint density at radius 3 is 2.05 bits per heavy atom. The van der Waals surface area contributed by atoms with Crippen LogP contribution in [-0.2, 0) is 19.1 Å². The maximum atomic E-state index is 11.8. The van der Waals surface area contributed by atoms with Gasteiger partial charge in [-0.05, 0) is 5.56 Å². The van der Waals surface area contributed by atoms with Crippen LogP contribution in [-0.4, -0.2) is 37.6 Å². The van der Waals surface area contributed by atoms with Crippen molar-refractivity contribution in [2.75, 3.05) is 20.8 Å². The zero-order valence-electron chi connectivity index (χ0n) is 11.1. The summed E-state index contributed by atoms with van der Waals surface area (Å²) < 4.78 is 9.11. The van der Waals surface area contributed by atoms with E-state index in [4.69, 9.17) is 0 Å². The molecule has 7 nitrogen and oxygen atoms in total. The number of methoxy groups -OCH3 is 2. The minimum atomic E-state index is -1.36. The Bertz CT molecular complexity index is 471. The Balaban J connectivity index is 3.21. The molecule has 20 heavy (non-hydrogen) atoms. The number of rotatable bonds is 6. The molecule has 0 fully saturated rings. The molecule has 0 heterocycles. The molecule has 1 rings (SSSR count). The van der Waals surface area contributed by atoms with E-state index in [0.29, 0.717) is 5.56 Å². The van der Waals surface area contributed by atoms with E-state index in [1.807, 2.05) is 0 Å². The van der Waals surface area contributed by atoms with Crippen molar-refractivity contribution in [3.05, 3.63) is 46.0 Å². The second-order valence-electron chi connectivity index (χ2n) is 4.06. The average molecular weight is 281 g/mol. The van der Waals surface area contributed by atoms with E-state index in [-0.39, 0.29) is 0 Å².